The minimum absolute atomic E-state index is 0.129. The van der Waals surface area contributed by atoms with E-state index < -0.39 is 0 Å². The van der Waals surface area contributed by atoms with E-state index in [2.05, 4.69) is 30.3 Å². The van der Waals surface area contributed by atoms with Crippen molar-refractivity contribution in [3.8, 4) is 0 Å². The number of carbonyl (C=O) groups excluding carboxylic acids is 1. The fourth-order valence-electron chi connectivity index (χ4n) is 2.05. The van der Waals surface area contributed by atoms with Crippen LogP contribution in [0, 0.1) is 0 Å². The molecule has 0 aromatic heterocycles. The van der Waals surface area contributed by atoms with Crippen molar-refractivity contribution in [2.45, 2.75) is 31.1 Å². The molecule has 20 heavy (non-hydrogen) atoms. The van der Waals surface area contributed by atoms with E-state index in [1.165, 1.54) is 23.3 Å². The van der Waals surface area contributed by atoms with Crippen LogP contribution in [0.1, 0.15) is 35.7 Å². The molecule has 0 aliphatic rings. The number of ketones is 1. The van der Waals surface area contributed by atoms with Gasteiger partial charge in [0.2, 0.25) is 0 Å². The highest BCUT2D eigenvalue weighted by Crippen LogP contribution is 2.20. The second-order valence-corrected chi connectivity index (χ2v) is 6.04. The highest BCUT2D eigenvalue weighted by molar-refractivity contribution is 7.99. The van der Waals surface area contributed by atoms with E-state index in [9.17, 15) is 4.79 Å². The summed E-state index contributed by atoms with van der Waals surface area (Å²) in [7, 11) is 0. The lowest BCUT2D eigenvalue weighted by Crippen LogP contribution is -1.91. The summed E-state index contributed by atoms with van der Waals surface area (Å²) >= 11 is 1.86. The van der Waals surface area contributed by atoms with Crippen LogP contribution in [0.5, 0.6) is 0 Å². The molecule has 0 aliphatic heterocycles. The van der Waals surface area contributed by atoms with Crippen LogP contribution in [-0.4, -0.2) is 11.5 Å². The summed E-state index contributed by atoms with van der Waals surface area (Å²) < 4.78 is 0. The Balaban J connectivity index is 1.67. The van der Waals surface area contributed by atoms with Crippen molar-refractivity contribution in [1.29, 1.82) is 0 Å². The molecule has 0 radical (unpaired) electrons. The van der Waals surface area contributed by atoms with Gasteiger partial charge in [-0.05, 0) is 49.6 Å². The summed E-state index contributed by atoms with van der Waals surface area (Å²) in [6, 6.07) is 18.5. The summed E-state index contributed by atoms with van der Waals surface area (Å²) in [6.45, 7) is 1.60. The number of hydrogen-bond donors (Lipinski definition) is 0. The summed E-state index contributed by atoms with van der Waals surface area (Å²) in [5.41, 5.74) is 2.21. The lowest BCUT2D eigenvalue weighted by Gasteiger charge is -2.03. The Morgan fingerprint density at radius 1 is 0.950 bits per heavy atom. The molecule has 0 N–H and O–H groups in total. The summed E-state index contributed by atoms with van der Waals surface area (Å²) in [5.74, 6) is 1.26. The third-order valence-corrected chi connectivity index (χ3v) is 4.33. The zero-order chi connectivity index (χ0) is 14.2. The molecule has 0 aliphatic carbocycles. The van der Waals surface area contributed by atoms with Gasteiger partial charge in [-0.25, -0.2) is 0 Å². The van der Waals surface area contributed by atoms with Crippen LogP contribution in [0.3, 0.4) is 0 Å². The Hall–Kier alpha value is -1.54. The first-order valence-corrected chi connectivity index (χ1v) is 8.02. The van der Waals surface area contributed by atoms with E-state index in [0.29, 0.717) is 0 Å². The Labute approximate surface area is 125 Å². The third kappa shape index (κ3) is 4.86. The first kappa shape index (κ1) is 14.9. The second-order valence-electron chi connectivity index (χ2n) is 4.87. The van der Waals surface area contributed by atoms with Gasteiger partial charge in [-0.1, -0.05) is 42.5 Å². The molecule has 0 saturated carbocycles. The molecule has 2 rings (SSSR count). The van der Waals surface area contributed by atoms with E-state index in [-0.39, 0.29) is 5.78 Å². The zero-order valence-corrected chi connectivity index (χ0v) is 12.7. The normalized spacial score (nSPS) is 10.4. The average Bonchev–Trinajstić information content (AvgIpc) is 2.48. The van der Waals surface area contributed by atoms with Crippen LogP contribution in [0.2, 0.25) is 0 Å². The van der Waals surface area contributed by atoms with E-state index in [1.807, 2.05) is 36.0 Å². The molecule has 1 nitrogen and oxygen atoms in total. The fourth-order valence-corrected chi connectivity index (χ4v) is 2.96. The second kappa shape index (κ2) is 7.91. The Morgan fingerprint density at radius 2 is 1.65 bits per heavy atom. The highest BCUT2D eigenvalue weighted by Gasteiger charge is 1.99. The van der Waals surface area contributed by atoms with Gasteiger partial charge in [-0.15, -0.1) is 11.8 Å². The average molecular weight is 284 g/mol. The predicted molar refractivity (Wildman–Crippen MR) is 86.6 cm³/mol. The predicted octanol–water partition coefficient (Wildman–Crippen LogP) is 5.00. The molecule has 0 saturated heterocycles. The molecule has 0 heterocycles. The Morgan fingerprint density at radius 3 is 2.30 bits per heavy atom. The smallest absolute Gasteiger partial charge is 0.159 e. The third-order valence-electron chi connectivity index (χ3n) is 3.23. The van der Waals surface area contributed by atoms with Gasteiger partial charge in [0.05, 0.1) is 0 Å². The van der Waals surface area contributed by atoms with Gasteiger partial charge in [0.15, 0.2) is 5.78 Å². The van der Waals surface area contributed by atoms with Gasteiger partial charge in [0.25, 0.3) is 0 Å². The number of hydrogen-bond acceptors (Lipinski definition) is 2. The van der Waals surface area contributed by atoms with Gasteiger partial charge < -0.3 is 0 Å². The first-order chi connectivity index (χ1) is 9.75. The number of thioether (sulfide) groups is 1. The summed E-state index contributed by atoms with van der Waals surface area (Å²) in [6.07, 6.45) is 3.60. The standard InChI is InChI=1S/C18H20OS/c1-15(19)17-10-12-18(13-11-17)20-14-6-5-9-16-7-3-2-4-8-16/h2-4,7-8,10-13H,5-6,9,14H2,1H3. The number of rotatable bonds is 7. The lowest BCUT2D eigenvalue weighted by atomic mass is 10.1. The molecule has 0 fully saturated rings. The van der Waals surface area contributed by atoms with Crippen molar-refractivity contribution in [2.24, 2.45) is 0 Å². The number of unbranched alkanes of at least 4 members (excludes halogenated alkanes) is 1. The Kier molecular flexibility index (Phi) is 5.87. The summed E-state index contributed by atoms with van der Waals surface area (Å²) in [5, 5.41) is 0. The van der Waals surface area contributed by atoms with Crippen molar-refractivity contribution in [2.75, 3.05) is 5.75 Å². The largest absolute Gasteiger partial charge is 0.295 e. The maximum absolute atomic E-state index is 11.2. The number of Topliss-reactive ketones (excluding diaryl/α,β-unsaturated/α-hetero) is 1. The van der Waals surface area contributed by atoms with Crippen LogP contribution in [0.25, 0.3) is 0 Å². The molecule has 2 aromatic rings. The van der Waals surface area contributed by atoms with Crippen molar-refractivity contribution in [1.82, 2.24) is 0 Å². The summed E-state index contributed by atoms with van der Waals surface area (Å²) in [4.78, 5) is 12.4. The Bertz CT molecular complexity index is 531. The highest BCUT2D eigenvalue weighted by atomic mass is 32.2. The molecular formula is C18H20OS. The van der Waals surface area contributed by atoms with E-state index in [0.717, 1.165) is 17.7 Å². The fraction of sp³-hybridized carbons (Fsp3) is 0.278. The van der Waals surface area contributed by atoms with Crippen LogP contribution in [-0.2, 0) is 6.42 Å². The van der Waals surface area contributed by atoms with E-state index in [1.54, 1.807) is 6.92 Å². The minimum Gasteiger partial charge on any atom is -0.295 e. The van der Waals surface area contributed by atoms with Crippen LogP contribution in [0.4, 0.5) is 0 Å². The van der Waals surface area contributed by atoms with Crippen molar-refractivity contribution in [3.05, 3.63) is 65.7 Å². The first-order valence-electron chi connectivity index (χ1n) is 7.03. The number of benzene rings is 2. The van der Waals surface area contributed by atoms with Crippen LogP contribution < -0.4 is 0 Å². The maximum Gasteiger partial charge on any atom is 0.159 e. The van der Waals surface area contributed by atoms with Crippen molar-refractivity contribution in [3.63, 3.8) is 0 Å². The van der Waals surface area contributed by atoms with Crippen LogP contribution >= 0.6 is 11.8 Å². The van der Waals surface area contributed by atoms with Crippen molar-refractivity contribution >= 4 is 17.5 Å². The van der Waals surface area contributed by atoms with E-state index >= 15 is 0 Å². The maximum atomic E-state index is 11.2. The van der Waals surface area contributed by atoms with Gasteiger partial charge in [-0.3, -0.25) is 4.79 Å². The molecular weight excluding hydrogens is 264 g/mol. The monoisotopic (exact) mass is 284 g/mol. The van der Waals surface area contributed by atoms with Crippen LogP contribution in [0.15, 0.2) is 59.5 Å². The molecule has 104 valence electrons. The van der Waals surface area contributed by atoms with Gasteiger partial charge >= 0.3 is 0 Å². The molecule has 0 atom stereocenters. The molecule has 2 heteroatoms. The number of aryl methyl sites for hydroxylation is 1. The quantitative estimate of drug-likeness (QED) is 0.404. The van der Waals surface area contributed by atoms with Gasteiger partial charge in [-0.2, -0.15) is 0 Å². The number of carbonyl (C=O) groups is 1. The van der Waals surface area contributed by atoms with Crippen molar-refractivity contribution < 1.29 is 4.79 Å². The molecule has 0 bridgehead atoms. The SMILES string of the molecule is CC(=O)c1ccc(SCCCCc2ccccc2)cc1. The van der Waals surface area contributed by atoms with E-state index in [4.69, 9.17) is 0 Å². The lowest BCUT2D eigenvalue weighted by molar-refractivity contribution is 0.101. The van der Waals surface area contributed by atoms with Gasteiger partial charge in [0.1, 0.15) is 0 Å². The van der Waals surface area contributed by atoms with Gasteiger partial charge in [0, 0.05) is 10.5 Å². The zero-order valence-electron chi connectivity index (χ0n) is 11.8. The molecule has 2 aromatic carbocycles. The molecule has 0 unspecified atom stereocenters. The molecule has 0 spiro atoms. The minimum atomic E-state index is 0.129. The topological polar surface area (TPSA) is 17.1 Å². The molecule has 0 amide bonds.